The lowest BCUT2D eigenvalue weighted by Crippen LogP contribution is -2.42. The maximum Gasteiger partial charge on any atom is 0.238 e. The number of fused-ring (bicyclic) bond motifs is 3. The van der Waals surface area contributed by atoms with Gasteiger partial charge in [-0.05, 0) is 60.4 Å². The molecule has 3 aromatic rings. The summed E-state index contributed by atoms with van der Waals surface area (Å²) in [6.07, 6.45) is 1.80. The Hall–Kier alpha value is -3.19. The molecular weight excluding hydrogens is 450 g/mol. The second-order valence-electron chi connectivity index (χ2n) is 8.84. The Bertz CT molecular complexity index is 1250. The molecule has 3 N–H and O–H groups in total. The molecule has 7 heteroatoms. The van der Waals surface area contributed by atoms with Crippen molar-refractivity contribution in [3.8, 4) is 11.1 Å². The molecule has 0 bridgehead atoms. The zero-order valence-electron chi connectivity index (χ0n) is 18.7. The van der Waals surface area contributed by atoms with Crippen molar-refractivity contribution in [1.29, 1.82) is 0 Å². The number of nitrogens with zero attached hydrogens (tertiary/aromatic N) is 1. The number of halogens is 1. The van der Waals surface area contributed by atoms with Gasteiger partial charge in [0, 0.05) is 52.2 Å². The van der Waals surface area contributed by atoms with E-state index >= 15 is 0 Å². The second-order valence-corrected chi connectivity index (χ2v) is 9.27. The normalized spacial score (nSPS) is 15.6. The van der Waals surface area contributed by atoms with Crippen LogP contribution in [0.3, 0.4) is 0 Å². The summed E-state index contributed by atoms with van der Waals surface area (Å²) < 4.78 is 0. The highest BCUT2D eigenvalue weighted by Gasteiger charge is 2.27. The molecule has 1 aliphatic carbocycles. The maximum atomic E-state index is 12.7. The van der Waals surface area contributed by atoms with Gasteiger partial charge in [0.2, 0.25) is 5.91 Å². The SMILES string of the molecule is O=C(CN1CCC(Nc2ccc(Cl)cc2CO)CC1)Nc1ccc2c(c1)-c1ccccc1C2=O. The third kappa shape index (κ3) is 4.57. The Kier molecular flexibility index (Phi) is 6.37. The average Bonchev–Trinajstić information content (AvgIpc) is 3.13. The molecule has 0 spiro atoms. The van der Waals surface area contributed by atoms with Crippen molar-refractivity contribution >= 4 is 34.7 Å². The van der Waals surface area contributed by atoms with Crippen molar-refractivity contribution in [3.05, 3.63) is 82.4 Å². The summed E-state index contributed by atoms with van der Waals surface area (Å²) in [7, 11) is 0. The lowest BCUT2D eigenvalue weighted by molar-refractivity contribution is -0.117. The zero-order valence-corrected chi connectivity index (χ0v) is 19.4. The van der Waals surface area contributed by atoms with E-state index < -0.39 is 0 Å². The first-order valence-corrected chi connectivity index (χ1v) is 11.9. The van der Waals surface area contributed by atoms with E-state index in [9.17, 15) is 14.7 Å². The number of aliphatic hydroxyl groups is 1. The van der Waals surface area contributed by atoms with Gasteiger partial charge in [-0.2, -0.15) is 0 Å². The fourth-order valence-electron chi connectivity index (χ4n) is 4.80. The molecule has 3 aromatic carbocycles. The lowest BCUT2D eigenvalue weighted by atomic mass is 10.0. The number of anilines is 2. The number of benzene rings is 3. The highest BCUT2D eigenvalue weighted by molar-refractivity contribution is 6.30. The van der Waals surface area contributed by atoms with Gasteiger partial charge in [0.25, 0.3) is 0 Å². The van der Waals surface area contributed by atoms with Gasteiger partial charge in [0.15, 0.2) is 5.78 Å². The van der Waals surface area contributed by atoms with Crippen LogP contribution >= 0.6 is 11.6 Å². The largest absolute Gasteiger partial charge is 0.392 e. The van der Waals surface area contributed by atoms with Gasteiger partial charge < -0.3 is 15.7 Å². The average molecular weight is 476 g/mol. The Labute approximate surface area is 203 Å². The maximum absolute atomic E-state index is 12.7. The minimum atomic E-state index is -0.0655. The summed E-state index contributed by atoms with van der Waals surface area (Å²) in [5, 5.41) is 16.7. The fraction of sp³-hybridized carbons (Fsp3) is 0.259. The first-order chi connectivity index (χ1) is 16.5. The Morgan fingerprint density at radius 2 is 1.71 bits per heavy atom. The van der Waals surface area contributed by atoms with Crippen LogP contribution in [0, 0.1) is 0 Å². The van der Waals surface area contributed by atoms with Crippen LogP contribution in [0.4, 0.5) is 11.4 Å². The number of carbonyl (C=O) groups excluding carboxylic acids is 2. The number of likely N-dealkylation sites (tertiary alicyclic amines) is 1. The van der Waals surface area contributed by atoms with Crippen LogP contribution in [0.15, 0.2) is 60.7 Å². The third-order valence-corrected chi connectivity index (χ3v) is 6.80. The van der Waals surface area contributed by atoms with Crippen LogP contribution in [-0.4, -0.2) is 47.4 Å². The Morgan fingerprint density at radius 1 is 0.971 bits per heavy atom. The molecule has 0 radical (unpaired) electrons. The number of carbonyl (C=O) groups is 2. The van der Waals surface area contributed by atoms with Gasteiger partial charge >= 0.3 is 0 Å². The van der Waals surface area contributed by atoms with Crippen molar-refractivity contribution in [2.75, 3.05) is 30.3 Å². The van der Waals surface area contributed by atoms with E-state index in [1.165, 1.54) is 0 Å². The Balaban J connectivity index is 1.16. The molecule has 0 atom stereocenters. The molecule has 2 aliphatic rings. The van der Waals surface area contributed by atoms with Gasteiger partial charge in [-0.1, -0.05) is 35.9 Å². The van der Waals surface area contributed by atoms with Crippen molar-refractivity contribution < 1.29 is 14.7 Å². The van der Waals surface area contributed by atoms with E-state index in [4.69, 9.17) is 11.6 Å². The van der Waals surface area contributed by atoms with Crippen molar-refractivity contribution in [2.24, 2.45) is 0 Å². The predicted octanol–water partition coefficient (Wildman–Crippen LogP) is 4.56. The van der Waals surface area contributed by atoms with E-state index in [1.807, 2.05) is 42.5 Å². The molecule has 174 valence electrons. The highest BCUT2D eigenvalue weighted by atomic mass is 35.5. The van der Waals surface area contributed by atoms with Crippen LogP contribution in [0.1, 0.15) is 34.3 Å². The van der Waals surface area contributed by atoms with Crippen molar-refractivity contribution in [1.82, 2.24) is 4.90 Å². The summed E-state index contributed by atoms with van der Waals surface area (Å²) in [6, 6.07) is 18.8. The smallest absolute Gasteiger partial charge is 0.238 e. The first-order valence-electron chi connectivity index (χ1n) is 11.5. The summed E-state index contributed by atoms with van der Waals surface area (Å²) in [5.74, 6) is -0.0334. The monoisotopic (exact) mass is 475 g/mol. The number of hydrogen-bond acceptors (Lipinski definition) is 5. The zero-order chi connectivity index (χ0) is 23.7. The lowest BCUT2D eigenvalue weighted by Gasteiger charge is -2.32. The van der Waals surface area contributed by atoms with E-state index in [-0.39, 0.29) is 24.3 Å². The Morgan fingerprint density at radius 3 is 2.47 bits per heavy atom. The summed E-state index contributed by atoms with van der Waals surface area (Å²) in [5.41, 5.74) is 5.56. The van der Waals surface area contributed by atoms with Gasteiger partial charge in [0.1, 0.15) is 0 Å². The van der Waals surface area contributed by atoms with Crippen LogP contribution in [0.25, 0.3) is 11.1 Å². The van der Waals surface area contributed by atoms with Crippen LogP contribution < -0.4 is 10.6 Å². The molecule has 34 heavy (non-hydrogen) atoms. The van der Waals surface area contributed by atoms with Gasteiger partial charge in [-0.25, -0.2) is 0 Å². The molecule has 0 saturated carbocycles. The van der Waals surface area contributed by atoms with E-state index in [0.717, 1.165) is 48.3 Å². The number of hydrogen-bond donors (Lipinski definition) is 3. The second kappa shape index (κ2) is 9.58. The summed E-state index contributed by atoms with van der Waals surface area (Å²) in [6.45, 7) is 1.87. The molecule has 1 amide bonds. The number of amides is 1. The quantitative estimate of drug-likeness (QED) is 0.381. The predicted molar refractivity (Wildman–Crippen MR) is 134 cm³/mol. The summed E-state index contributed by atoms with van der Waals surface area (Å²) >= 11 is 6.02. The van der Waals surface area contributed by atoms with Crippen LogP contribution in [0.2, 0.25) is 5.02 Å². The molecule has 0 aromatic heterocycles. The molecule has 1 heterocycles. The van der Waals surface area contributed by atoms with Gasteiger partial charge in [-0.3, -0.25) is 14.5 Å². The van der Waals surface area contributed by atoms with E-state index in [0.29, 0.717) is 28.4 Å². The number of nitrogens with one attached hydrogen (secondary N) is 2. The standard InChI is InChI=1S/C27H26ClN3O3/c28-18-5-8-25(17(13-18)16-32)29-19-9-11-31(12-10-19)15-26(33)30-20-6-7-23-24(14-20)21-3-1-2-4-22(21)27(23)34/h1-8,13-14,19,29,32H,9-12,15-16H2,(H,30,33). The molecule has 1 saturated heterocycles. The van der Waals surface area contributed by atoms with E-state index in [1.54, 1.807) is 18.2 Å². The van der Waals surface area contributed by atoms with Crippen LogP contribution in [-0.2, 0) is 11.4 Å². The van der Waals surface area contributed by atoms with Crippen molar-refractivity contribution in [2.45, 2.75) is 25.5 Å². The number of piperidine rings is 1. The summed E-state index contributed by atoms with van der Waals surface area (Å²) in [4.78, 5) is 27.4. The molecule has 5 rings (SSSR count). The van der Waals surface area contributed by atoms with Crippen LogP contribution in [0.5, 0.6) is 0 Å². The first kappa shape index (κ1) is 22.6. The molecular formula is C27H26ClN3O3. The topological polar surface area (TPSA) is 81.7 Å². The molecule has 6 nitrogen and oxygen atoms in total. The minimum Gasteiger partial charge on any atom is -0.392 e. The third-order valence-electron chi connectivity index (χ3n) is 6.56. The minimum absolute atomic E-state index is 0.0321. The van der Waals surface area contributed by atoms with Crippen molar-refractivity contribution in [3.63, 3.8) is 0 Å². The molecule has 0 unspecified atom stereocenters. The highest BCUT2D eigenvalue weighted by Crippen LogP contribution is 2.37. The number of ketones is 1. The molecule has 1 aliphatic heterocycles. The van der Waals surface area contributed by atoms with E-state index in [2.05, 4.69) is 15.5 Å². The van der Waals surface area contributed by atoms with Gasteiger partial charge in [0.05, 0.1) is 13.2 Å². The molecule has 1 fully saturated rings. The number of rotatable bonds is 6. The fourth-order valence-corrected chi connectivity index (χ4v) is 4.99. The number of aliphatic hydroxyl groups excluding tert-OH is 1. The van der Waals surface area contributed by atoms with Gasteiger partial charge in [-0.15, -0.1) is 0 Å².